The first-order chi connectivity index (χ1) is 9.47. The van der Waals surface area contributed by atoms with Crippen molar-refractivity contribution in [3.05, 3.63) is 29.6 Å². The fourth-order valence-electron chi connectivity index (χ4n) is 2.46. The molecule has 0 amide bonds. The Morgan fingerprint density at radius 2 is 2.15 bits per heavy atom. The van der Waals surface area contributed by atoms with Gasteiger partial charge in [-0.15, -0.1) is 0 Å². The van der Waals surface area contributed by atoms with Gasteiger partial charge in [-0.05, 0) is 43.5 Å². The molecule has 0 bridgehead atoms. The summed E-state index contributed by atoms with van der Waals surface area (Å²) in [6.07, 6.45) is 2.96. The normalized spacial score (nSPS) is 21.9. The van der Waals surface area contributed by atoms with Gasteiger partial charge < -0.3 is 5.32 Å². The summed E-state index contributed by atoms with van der Waals surface area (Å²) in [4.78, 5) is 0.0361. The summed E-state index contributed by atoms with van der Waals surface area (Å²) in [5, 5.41) is 2.90. The minimum atomic E-state index is -3.65. The molecule has 112 valence electrons. The summed E-state index contributed by atoms with van der Waals surface area (Å²) in [5.41, 5.74) is 0.578. The van der Waals surface area contributed by atoms with Gasteiger partial charge in [0.15, 0.2) is 0 Å². The van der Waals surface area contributed by atoms with E-state index in [-0.39, 0.29) is 10.9 Å². The zero-order valence-electron chi connectivity index (χ0n) is 11.8. The van der Waals surface area contributed by atoms with Crippen molar-refractivity contribution < 1.29 is 12.8 Å². The van der Waals surface area contributed by atoms with Crippen LogP contribution in [0.25, 0.3) is 0 Å². The molecule has 0 heterocycles. The van der Waals surface area contributed by atoms with Crippen molar-refractivity contribution in [1.29, 1.82) is 0 Å². The topological polar surface area (TPSA) is 58.2 Å². The number of halogens is 1. The largest absolute Gasteiger partial charge is 0.316 e. The molecular formula is C14H21FN2O2S. The Hall–Kier alpha value is -0.980. The van der Waals surface area contributed by atoms with Gasteiger partial charge in [0.25, 0.3) is 0 Å². The van der Waals surface area contributed by atoms with Crippen molar-refractivity contribution >= 4 is 10.0 Å². The summed E-state index contributed by atoms with van der Waals surface area (Å²) in [6, 6.07) is 3.89. The molecule has 0 spiro atoms. The van der Waals surface area contributed by atoms with Gasteiger partial charge in [-0.2, -0.15) is 0 Å². The zero-order chi connectivity index (χ0) is 14.8. The third kappa shape index (κ3) is 3.56. The van der Waals surface area contributed by atoms with Crippen molar-refractivity contribution in [2.45, 2.75) is 43.7 Å². The number of hydrogen-bond acceptors (Lipinski definition) is 3. The highest BCUT2D eigenvalue weighted by Crippen LogP contribution is 2.36. The first-order valence-corrected chi connectivity index (χ1v) is 8.41. The molecule has 1 saturated carbocycles. The molecule has 2 unspecified atom stereocenters. The summed E-state index contributed by atoms with van der Waals surface area (Å²) >= 11 is 0. The van der Waals surface area contributed by atoms with Crippen LogP contribution < -0.4 is 10.0 Å². The second kappa shape index (κ2) is 6.20. The van der Waals surface area contributed by atoms with E-state index in [2.05, 4.69) is 17.0 Å². The Bertz CT molecular complexity index is 575. The third-order valence-corrected chi connectivity index (χ3v) is 5.15. The summed E-state index contributed by atoms with van der Waals surface area (Å²) in [5.74, 6) is -0.109. The smallest absolute Gasteiger partial charge is 0.241 e. The summed E-state index contributed by atoms with van der Waals surface area (Å²) < 4.78 is 40.8. The van der Waals surface area contributed by atoms with Gasteiger partial charge in [-0.3, -0.25) is 0 Å². The number of hydrogen-bond donors (Lipinski definition) is 2. The third-order valence-electron chi connectivity index (χ3n) is 3.57. The van der Waals surface area contributed by atoms with Crippen LogP contribution in [-0.4, -0.2) is 21.5 Å². The quantitative estimate of drug-likeness (QED) is 0.810. The van der Waals surface area contributed by atoms with Crippen LogP contribution in [-0.2, 0) is 16.6 Å². The van der Waals surface area contributed by atoms with E-state index in [1.54, 1.807) is 7.05 Å². The lowest BCUT2D eigenvalue weighted by molar-refractivity contribution is 0.567. The second-order valence-corrected chi connectivity index (χ2v) is 6.98. The Morgan fingerprint density at radius 1 is 1.40 bits per heavy atom. The molecule has 0 radical (unpaired) electrons. The standard InChI is InChI=1S/C14H21FN2O2S/c1-3-4-10-7-13(10)17-20(18,19)14-8-12(15)6-5-11(14)9-16-2/h5-6,8,10,13,16-17H,3-4,7,9H2,1-2H3. The fourth-order valence-corrected chi connectivity index (χ4v) is 4.03. The van der Waals surface area contributed by atoms with Crippen molar-refractivity contribution in [2.24, 2.45) is 5.92 Å². The molecule has 1 aromatic carbocycles. The van der Waals surface area contributed by atoms with E-state index < -0.39 is 15.8 Å². The van der Waals surface area contributed by atoms with Crippen LogP contribution >= 0.6 is 0 Å². The highest BCUT2D eigenvalue weighted by molar-refractivity contribution is 7.89. The molecule has 1 fully saturated rings. The summed E-state index contributed by atoms with van der Waals surface area (Å²) in [6.45, 7) is 2.47. The van der Waals surface area contributed by atoms with Crippen LogP contribution in [0.15, 0.2) is 23.1 Å². The first-order valence-electron chi connectivity index (χ1n) is 6.93. The predicted octanol–water partition coefficient (Wildman–Crippen LogP) is 2.01. The maximum Gasteiger partial charge on any atom is 0.241 e. The number of sulfonamides is 1. The van der Waals surface area contributed by atoms with Crippen LogP contribution in [0.5, 0.6) is 0 Å². The molecule has 4 nitrogen and oxygen atoms in total. The van der Waals surface area contributed by atoms with E-state index in [1.165, 1.54) is 12.1 Å². The maximum absolute atomic E-state index is 13.4. The molecule has 2 rings (SSSR count). The summed E-state index contributed by atoms with van der Waals surface area (Å²) in [7, 11) is -1.93. The van der Waals surface area contributed by atoms with Crippen LogP contribution in [0.1, 0.15) is 31.7 Å². The fraction of sp³-hybridized carbons (Fsp3) is 0.571. The Labute approximate surface area is 119 Å². The number of benzene rings is 1. The lowest BCUT2D eigenvalue weighted by Crippen LogP contribution is -2.28. The van der Waals surface area contributed by atoms with E-state index >= 15 is 0 Å². The molecule has 0 aromatic heterocycles. The van der Waals surface area contributed by atoms with E-state index in [0.29, 0.717) is 18.0 Å². The minimum Gasteiger partial charge on any atom is -0.316 e. The second-order valence-electron chi connectivity index (χ2n) is 5.29. The van der Waals surface area contributed by atoms with Crippen molar-refractivity contribution in [3.8, 4) is 0 Å². The van der Waals surface area contributed by atoms with Gasteiger partial charge in [0, 0.05) is 12.6 Å². The van der Waals surface area contributed by atoms with Crippen LogP contribution in [0.2, 0.25) is 0 Å². The van der Waals surface area contributed by atoms with Gasteiger partial charge in [-0.25, -0.2) is 17.5 Å². The molecule has 20 heavy (non-hydrogen) atoms. The van der Waals surface area contributed by atoms with Crippen molar-refractivity contribution in [1.82, 2.24) is 10.0 Å². The van der Waals surface area contributed by atoms with Crippen LogP contribution in [0.3, 0.4) is 0 Å². The molecule has 6 heteroatoms. The van der Waals surface area contributed by atoms with E-state index in [9.17, 15) is 12.8 Å². The Kier molecular flexibility index (Phi) is 4.78. The van der Waals surface area contributed by atoms with E-state index in [4.69, 9.17) is 0 Å². The lowest BCUT2D eigenvalue weighted by Gasteiger charge is -2.11. The molecule has 1 aromatic rings. The van der Waals surface area contributed by atoms with Gasteiger partial charge in [0.2, 0.25) is 10.0 Å². The van der Waals surface area contributed by atoms with Crippen LogP contribution in [0.4, 0.5) is 4.39 Å². The Morgan fingerprint density at radius 3 is 2.80 bits per heavy atom. The van der Waals surface area contributed by atoms with E-state index in [1.807, 2.05) is 0 Å². The predicted molar refractivity (Wildman–Crippen MR) is 76.3 cm³/mol. The molecular weight excluding hydrogens is 279 g/mol. The Balaban J connectivity index is 2.19. The average Bonchev–Trinajstić information content (AvgIpc) is 3.09. The molecule has 2 N–H and O–H groups in total. The maximum atomic E-state index is 13.4. The van der Waals surface area contributed by atoms with Crippen molar-refractivity contribution in [2.75, 3.05) is 7.05 Å². The highest BCUT2D eigenvalue weighted by atomic mass is 32.2. The molecule has 2 atom stereocenters. The molecule has 1 aliphatic carbocycles. The monoisotopic (exact) mass is 300 g/mol. The van der Waals surface area contributed by atoms with Gasteiger partial charge in [-0.1, -0.05) is 19.4 Å². The SMILES string of the molecule is CCCC1CC1NS(=O)(=O)c1cc(F)ccc1CNC. The zero-order valence-corrected chi connectivity index (χ0v) is 12.6. The van der Waals surface area contributed by atoms with Gasteiger partial charge >= 0.3 is 0 Å². The highest BCUT2D eigenvalue weighted by Gasteiger charge is 2.39. The first kappa shape index (κ1) is 15.4. The van der Waals surface area contributed by atoms with Gasteiger partial charge in [0.05, 0.1) is 4.90 Å². The van der Waals surface area contributed by atoms with Crippen molar-refractivity contribution in [3.63, 3.8) is 0 Å². The molecule has 0 saturated heterocycles. The average molecular weight is 300 g/mol. The molecule has 1 aliphatic rings. The van der Waals surface area contributed by atoms with E-state index in [0.717, 1.165) is 25.3 Å². The van der Waals surface area contributed by atoms with Crippen LogP contribution in [0, 0.1) is 11.7 Å². The number of rotatable bonds is 7. The van der Waals surface area contributed by atoms with Gasteiger partial charge in [0.1, 0.15) is 5.82 Å². The number of nitrogens with one attached hydrogen (secondary N) is 2. The lowest BCUT2D eigenvalue weighted by atomic mass is 10.2. The minimum absolute atomic E-state index is 0.00523. The molecule has 0 aliphatic heterocycles.